The summed E-state index contributed by atoms with van der Waals surface area (Å²) in [5, 5.41) is 5.89. The van der Waals surface area contributed by atoms with Crippen LogP contribution in [0.4, 0.5) is 10.1 Å². The Bertz CT molecular complexity index is 968. The van der Waals surface area contributed by atoms with Crippen LogP contribution in [0.25, 0.3) is 0 Å². The molecule has 0 aromatic heterocycles. The molecule has 0 aliphatic heterocycles. The number of rotatable bonds is 6. The van der Waals surface area contributed by atoms with Crippen molar-refractivity contribution in [1.29, 1.82) is 0 Å². The molecule has 1 atom stereocenters. The molecule has 2 saturated carbocycles. The van der Waals surface area contributed by atoms with Gasteiger partial charge in [-0.25, -0.2) is 4.39 Å². The molecule has 3 amide bonds. The fraction of sp³-hybridized carbons (Fsp3) is 0.423. The predicted octanol–water partition coefficient (Wildman–Crippen LogP) is 4.02. The number of benzene rings is 2. The first-order chi connectivity index (χ1) is 16.0. The van der Waals surface area contributed by atoms with Crippen LogP contribution in [0.1, 0.15) is 63.0 Å². The van der Waals surface area contributed by atoms with Crippen LogP contribution >= 0.6 is 0 Å². The maximum Gasteiger partial charge on any atom is 0.317 e. The Morgan fingerprint density at radius 3 is 1.91 bits per heavy atom. The summed E-state index contributed by atoms with van der Waals surface area (Å²) in [5.41, 5.74) is 0.873. The monoisotopic (exact) mass is 451 g/mol. The fourth-order valence-electron chi connectivity index (χ4n) is 4.82. The van der Waals surface area contributed by atoms with Crippen LogP contribution in [-0.2, 0) is 14.4 Å². The topological polar surface area (TPSA) is 78.5 Å². The van der Waals surface area contributed by atoms with Gasteiger partial charge in [0, 0.05) is 17.8 Å². The summed E-state index contributed by atoms with van der Waals surface area (Å²) in [7, 11) is 0. The lowest BCUT2D eigenvalue weighted by Gasteiger charge is -2.32. The molecule has 2 aliphatic carbocycles. The van der Waals surface area contributed by atoms with E-state index in [4.69, 9.17) is 0 Å². The van der Waals surface area contributed by atoms with Crippen molar-refractivity contribution in [1.82, 2.24) is 10.6 Å². The summed E-state index contributed by atoms with van der Waals surface area (Å²) >= 11 is 0. The summed E-state index contributed by atoms with van der Waals surface area (Å²) < 4.78 is 13.7. The average Bonchev–Trinajstić information content (AvgIpc) is 3.52. The molecule has 2 fully saturated rings. The highest BCUT2D eigenvalue weighted by Crippen LogP contribution is 2.30. The Balaban J connectivity index is 1.70. The van der Waals surface area contributed by atoms with E-state index >= 15 is 0 Å². The first-order valence-electron chi connectivity index (χ1n) is 11.8. The zero-order valence-electron chi connectivity index (χ0n) is 18.6. The highest BCUT2D eigenvalue weighted by molar-refractivity contribution is 6.41. The van der Waals surface area contributed by atoms with Crippen molar-refractivity contribution in [2.24, 2.45) is 0 Å². The molecule has 0 bridgehead atoms. The Kier molecular flexibility index (Phi) is 7.37. The predicted molar refractivity (Wildman–Crippen MR) is 124 cm³/mol. The maximum atomic E-state index is 13.7. The van der Waals surface area contributed by atoms with Gasteiger partial charge in [0.15, 0.2) is 0 Å². The standard InChI is InChI=1S/C26H30FN3O3/c27-19-14-16-22(17-15-19)30(26(33)25(32)29-21-12-6-7-13-21)23(18-8-2-1-3-9-18)24(31)28-20-10-4-5-11-20/h1-3,8-9,14-17,20-21,23H,4-7,10-13H2,(H,28,31)(H,29,32). The van der Waals surface area contributed by atoms with E-state index in [-0.39, 0.29) is 18.0 Å². The second-order valence-corrected chi connectivity index (χ2v) is 8.91. The molecule has 1 unspecified atom stereocenters. The SMILES string of the molecule is O=C(NC1CCCC1)C(=O)N(c1ccc(F)cc1)C(C(=O)NC1CCCC1)c1ccccc1. The zero-order valence-corrected chi connectivity index (χ0v) is 18.6. The molecule has 2 N–H and O–H groups in total. The van der Waals surface area contributed by atoms with Crippen LogP contribution in [0.3, 0.4) is 0 Å². The van der Waals surface area contributed by atoms with E-state index in [9.17, 15) is 18.8 Å². The molecule has 0 saturated heterocycles. The number of halogens is 1. The van der Waals surface area contributed by atoms with Crippen molar-refractivity contribution in [3.63, 3.8) is 0 Å². The smallest absolute Gasteiger partial charge is 0.317 e. The van der Waals surface area contributed by atoms with Gasteiger partial charge in [0.25, 0.3) is 0 Å². The van der Waals surface area contributed by atoms with E-state index in [1.54, 1.807) is 24.3 Å². The van der Waals surface area contributed by atoms with Crippen LogP contribution in [-0.4, -0.2) is 29.8 Å². The lowest BCUT2D eigenvalue weighted by atomic mass is 10.0. The highest BCUT2D eigenvalue weighted by atomic mass is 19.1. The number of nitrogens with zero attached hydrogens (tertiary/aromatic N) is 1. The summed E-state index contributed by atoms with van der Waals surface area (Å²) in [5.74, 6) is -2.39. The third kappa shape index (κ3) is 5.59. The van der Waals surface area contributed by atoms with Gasteiger partial charge in [0.05, 0.1) is 0 Å². The van der Waals surface area contributed by atoms with E-state index in [1.165, 1.54) is 29.2 Å². The van der Waals surface area contributed by atoms with Gasteiger partial charge < -0.3 is 10.6 Å². The molecule has 2 aliphatic rings. The third-order valence-electron chi connectivity index (χ3n) is 6.53. The van der Waals surface area contributed by atoms with E-state index in [0.717, 1.165) is 51.4 Å². The van der Waals surface area contributed by atoms with Crippen molar-refractivity contribution in [2.45, 2.75) is 69.5 Å². The number of carbonyl (C=O) groups excluding carboxylic acids is 3. The molecule has 174 valence electrons. The number of hydrogen-bond donors (Lipinski definition) is 2. The number of nitrogens with one attached hydrogen (secondary N) is 2. The van der Waals surface area contributed by atoms with E-state index < -0.39 is 23.7 Å². The zero-order chi connectivity index (χ0) is 23.2. The van der Waals surface area contributed by atoms with Crippen LogP contribution in [0, 0.1) is 5.82 Å². The van der Waals surface area contributed by atoms with Gasteiger partial charge >= 0.3 is 11.8 Å². The van der Waals surface area contributed by atoms with Gasteiger partial charge in [0.2, 0.25) is 5.91 Å². The number of amides is 3. The normalized spacial score (nSPS) is 17.5. The van der Waals surface area contributed by atoms with E-state index in [2.05, 4.69) is 10.6 Å². The summed E-state index contributed by atoms with van der Waals surface area (Å²) in [6.45, 7) is 0. The quantitative estimate of drug-likeness (QED) is 0.652. The molecule has 33 heavy (non-hydrogen) atoms. The Hall–Kier alpha value is -3.22. The van der Waals surface area contributed by atoms with Gasteiger partial charge in [-0.1, -0.05) is 56.0 Å². The number of anilines is 1. The molecular formula is C26H30FN3O3. The van der Waals surface area contributed by atoms with Crippen LogP contribution < -0.4 is 15.5 Å². The maximum absolute atomic E-state index is 13.7. The minimum atomic E-state index is -1.06. The molecule has 4 rings (SSSR count). The molecule has 0 spiro atoms. The van der Waals surface area contributed by atoms with E-state index in [1.807, 2.05) is 6.07 Å². The first-order valence-corrected chi connectivity index (χ1v) is 11.8. The van der Waals surface area contributed by atoms with Gasteiger partial charge in [-0.15, -0.1) is 0 Å². The van der Waals surface area contributed by atoms with Gasteiger partial charge in [-0.2, -0.15) is 0 Å². The summed E-state index contributed by atoms with van der Waals surface area (Å²) in [6.07, 6.45) is 7.56. The van der Waals surface area contributed by atoms with Crippen LogP contribution in [0.2, 0.25) is 0 Å². The van der Waals surface area contributed by atoms with Gasteiger partial charge in [-0.3, -0.25) is 19.3 Å². The van der Waals surface area contributed by atoms with Gasteiger partial charge in [0.1, 0.15) is 11.9 Å². The van der Waals surface area contributed by atoms with Gasteiger partial charge in [-0.05, 0) is 55.5 Å². The summed E-state index contributed by atoms with van der Waals surface area (Å²) in [4.78, 5) is 41.2. The van der Waals surface area contributed by atoms with Crippen molar-refractivity contribution in [2.75, 3.05) is 4.90 Å². The van der Waals surface area contributed by atoms with Crippen LogP contribution in [0.15, 0.2) is 54.6 Å². The minimum Gasteiger partial charge on any atom is -0.351 e. The Labute approximate surface area is 193 Å². The van der Waals surface area contributed by atoms with Crippen molar-refractivity contribution >= 4 is 23.4 Å². The molecule has 6 nitrogen and oxygen atoms in total. The fourth-order valence-corrected chi connectivity index (χ4v) is 4.82. The first kappa shape index (κ1) is 23.0. The third-order valence-corrected chi connectivity index (χ3v) is 6.53. The largest absolute Gasteiger partial charge is 0.351 e. The molecule has 2 aromatic carbocycles. The van der Waals surface area contributed by atoms with Crippen molar-refractivity contribution in [3.8, 4) is 0 Å². The second kappa shape index (κ2) is 10.6. The molecule has 0 heterocycles. The molecule has 0 radical (unpaired) electrons. The Morgan fingerprint density at radius 1 is 0.788 bits per heavy atom. The van der Waals surface area contributed by atoms with Crippen molar-refractivity contribution in [3.05, 3.63) is 66.0 Å². The molecule has 2 aromatic rings. The lowest BCUT2D eigenvalue weighted by Crippen LogP contribution is -2.51. The van der Waals surface area contributed by atoms with Crippen LogP contribution in [0.5, 0.6) is 0 Å². The molecule has 7 heteroatoms. The molecular weight excluding hydrogens is 421 g/mol. The average molecular weight is 452 g/mol. The summed E-state index contributed by atoms with van der Waals surface area (Å²) in [6, 6.07) is 13.2. The highest BCUT2D eigenvalue weighted by Gasteiger charge is 2.37. The van der Waals surface area contributed by atoms with Crippen molar-refractivity contribution < 1.29 is 18.8 Å². The number of hydrogen-bond acceptors (Lipinski definition) is 3. The lowest BCUT2D eigenvalue weighted by molar-refractivity contribution is -0.139. The minimum absolute atomic E-state index is 0.0426. The Morgan fingerprint density at radius 2 is 1.33 bits per heavy atom. The number of carbonyl (C=O) groups is 3. The van der Waals surface area contributed by atoms with E-state index in [0.29, 0.717) is 11.3 Å². The second-order valence-electron chi connectivity index (χ2n) is 8.91.